The van der Waals surface area contributed by atoms with Crippen LogP contribution in [0.15, 0.2) is 0 Å². The largest absolute Gasteiger partial charge is 0.0654 e. The zero-order chi connectivity index (χ0) is 12.6. The molecule has 98 valence electrons. The van der Waals surface area contributed by atoms with Crippen molar-refractivity contribution >= 4 is 0 Å². The summed E-state index contributed by atoms with van der Waals surface area (Å²) >= 11 is 0. The molecule has 4 unspecified atom stereocenters. The summed E-state index contributed by atoms with van der Waals surface area (Å²) in [5.41, 5.74) is 0. The summed E-state index contributed by atoms with van der Waals surface area (Å²) in [6.45, 7) is 14.3. The fourth-order valence-electron chi connectivity index (χ4n) is 2.54. The van der Waals surface area contributed by atoms with Crippen LogP contribution in [0.1, 0.15) is 80.1 Å². The third-order valence-corrected chi connectivity index (χ3v) is 4.33. The first kappa shape index (κ1) is 16.0. The molecule has 0 spiro atoms. The van der Waals surface area contributed by atoms with E-state index >= 15 is 0 Å². The molecule has 0 aliphatic heterocycles. The van der Waals surface area contributed by atoms with Crippen LogP contribution in [0.4, 0.5) is 0 Å². The van der Waals surface area contributed by atoms with Gasteiger partial charge in [0.2, 0.25) is 0 Å². The van der Waals surface area contributed by atoms with Crippen molar-refractivity contribution in [1.82, 2.24) is 0 Å². The van der Waals surface area contributed by atoms with Crippen molar-refractivity contribution in [1.29, 1.82) is 0 Å². The van der Waals surface area contributed by atoms with E-state index in [9.17, 15) is 0 Å². The first-order valence-electron chi connectivity index (χ1n) is 7.51. The minimum absolute atomic E-state index is 0.915. The lowest BCUT2D eigenvalue weighted by atomic mass is 9.84. The van der Waals surface area contributed by atoms with Crippen LogP contribution in [0.25, 0.3) is 0 Å². The maximum Gasteiger partial charge on any atom is -0.0417 e. The maximum absolute atomic E-state index is 2.44. The first-order chi connectivity index (χ1) is 7.51. The Hall–Kier alpha value is 0. The van der Waals surface area contributed by atoms with Gasteiger partial charge >= 0.3 is 0 Å². The van der Waals surface area contributed by atoms with Crippen LogP contribution in [0.5, 0.6) is 0 Å². The van der Waals surface area contributed by atoms with Crippen LogP contribution in [0.3, 0.4) is 0 Å². The molecule has 0 aromatic heterocycles. The third kappa shape index (κ3) is 7.30. The van der Waals surface area contributed by atoms with Crippen molar-refractivity contribution in [3.05, 3.63) is 0 Å². The highest BCUT2D eigenvalue weighted by molar-refractivity contribution is 4.65. The Labute approximate surface area is 104 Å². The molecule has 0 aliphatic carbocycles. The minimum Gasteiger partial charge on any atom is -0.0654 e. The molecule has 0 nitrogen and oxygen atoms in total. The molecule has 0 aromatic rings. The van der Waals surface area contributed by atoms with Gasteiger partial charge in [-0.25, -0.2) is 0 Å². The van der Waals surface area contributed by atoms with Crippen LogP contribution < -0.4 is 0 Å². The monoisotopic (exact) mass is 226 g/mol. The topological polar surface area (TPSA) is 0 Å². The van der Waals surface area contributed by atoms with E-state index < -0.39 is 0 Å². The highest BCUT2D eigenvalue weighted by Gasteiger charge is 2.13. The molecule has 0 heteroatoms. The molecule has 0 radical (unpaired) electrons. The molecule has 0 heterocycles. The standard InChI is InChI=1S/C16H34/c1-7-9-15(5)16(6)11-10-14(4)12-13(3)8-2/h13-16H,7-12H2,1-6H3. The van der Waals surface area contributed by atoms with Gasteiger partial charge in [-0.2, -0.15) is 0 Å². The summed E-state index contributed by atoms with van der Waals surface area (Å²) in [7, 11) is 0. The predicted molar refractivity (Wildman–Crippen MR) is 75.7 cm³/mol. The molecule has 0 N–H and O–H groups in total. The second-order valence-electron chi connectivity index (χ2n) is 6.17. The summed E-state index contributed by atoms with van der Waals surface area (Å²) in [6, 6.07) is 0. The van der Waals surface area contributed by atoms with Crippen LogP contribution in [-0.2, 0) is 0 Å². The van der Waals surface area contributed by atoms with Crippen molar-refractivity contribution in [2.75, 3.05) is 0 Å². The molecule has 0 aromatic carbocycles. The Morgan fingerprint density at radius 2 is 1.25 bits per heavy atom. The highest BCUT2D eigenvalue weighted by Crippen LogP contribution is 2.26. The second-order valence-corrected chi connectivity index (χ2v) is 6.17. The van der Waals surface area contributed by atoms with Crippen LogP contribution >= 0.6 is 0 Å². The van der Waals surface area contributed by atoms with Crippen molar-refractivity contribution < 1.29 is 0 Å². The van der Waals surface area contributed by atoms with Gasteiger partial charge < -0.3 is 0 Å². The number of rotatable bonds is 9. The third-order valence-electron chi connectivity index (χ3n) is 4.33. The van der Waals surface area contributed by atoms with E-state index in [4.69, 9.17) is 0 Å². The first-order valence-corrected chi connectivity index (χ1v) is 7.51. The second kappa shape index (κ2) is 9.07. The molecule has 0 saturated heterocycles. The summed E-state index contributed by atoms with van der Waals surface area (Å²) in [5, 5.41) is 0. The van der Waals surface area contributed by atoms with E-state index in [0.717, 1.165) is 23.7 Å². The van der Waals surface area contributed by atoms with Gasteiger partial charge in [0, 0.05) is 0 Å². The van der Waals surface area contributed by atoms with E-state index in [1.807, 2.05) is 0 Å². The lowest BCUT2D eigenvalue weighted by Gasteiger charge is -2.22. The molecular formula is C16H34. The van der Waals surface area contributed by atoms with Crippen molar-refractivity contribution in [2.24, 2.45) is 23.7 Å². The average Bonchev–Trinajstić information content (AvgIpc) is 2.25. The summed E-state index contributed by atoms with van der Waals surface area (Å²) < 4.78 is 0. The molecule has 0 aliphatic rings. The smallest absolute Gasteiger partial charge is 0.0417 e. The van der Waals surface area contributed by atoms with E-state index in [0.29, 0.717) is 0 Å². The molecule has 0 fully saturated rings. The van der Waals surface area contributed by atoms with Gasteiger partial charge in [-0.15, -0.1) is 0 Å². The molecule has 0 bridgehead atoms. The Morgan fingerprint density at radius 3 is 1.75 bits per heavy atom. The van der Waals surface area contributed by atoms with Gasteiger partial charge in [0.25, 0.3) is 0 Å². The molecule has 0 rings (SSSR count). The zero-order valence-electron chi connectivity index (χ0n) is 12.6. The van der Waals surface area contributed by atoms with Crippen molar-refractivity contribution in [2.45, 2.75) is 80.1 Å². The SMILES string of the molecule is CCCC(C)C(C)CCC(C)CC(C)CC. The fourth-order valence-corrected chi connectivity index (χ4v) is 2.54. The predicted octanol–water partition coefficient (Wildman–Crippen LogP) is 5.91. The summed E-state index contributed by atoms with van der Waals surface area (Å²) in [5.74, 6) is 3.67. The Kier molecular flexibility index (Phi) is 9.07. The number of hydrogen-bond acceptors (Lipinski definition) is 0. The zero-order valence-corrected chi connectivity index (χ0v) is 12.6. The van der Waals surface area contributed by atoms with Gasteiger partial charge in [0.15, 0.2) is 0 Å². The van der Waals surface area contributed by atoms with Crippen LogP contribution in [-0.4, -0.2) is 0 Å². The lowest BCUT2D eigenvalue weighted by molar-refractivity contribution is 0.295. The lowest BCUT2D eigenvalue weighted by Crippen LogP contribution is -2.10. The Bertz CT molecular complexity index is 150. The van der Waals surface area contributed by atoms with E-state index in [1.54, 1.807) is 0 Å². The molecular weight excluding hydrogens is 192 g/mol. The normalized spacial score (nSPS) is 19.1. The fraction of sp³-hybridized carbons (Fsp3) is 1.00. The van der Waals surface area contributed by atoms with Gasteiger partial charge in [-0.3, -0.25) is 0 Å². The molecule has 16 heavy (non-hydrogen) atoms. The van der Waals surface area contributed by atoms with Gasteiger partial charge in [0.1, 0.15) is 0 Å². The average molecular weight is 226 g/mol. The van der Waals surface area contributed by atoms with Crippen molar-refractivity contribution in [3.8, 4) is 0 Å². The molecule has 0 saturated carbocycles. The highest BCUT2D eigenvalue weighted by atomic mass is 14.2. The molecule has 0 amide bonds. The minimum atomic E-state index is 0.915. The quantitative estimate of drug-likeness (QED) is 0.458. The van der Waals surface area contributed by atoms with Gasteiger partial charge in [-0.1, -0.05) is 73.6 Å². The van der Waals surface area contributed by atoms with E-state index in [2.05, 4.69) is 41.5 Å². The van der Waals surface area contributed by atoms with E-state index in [-0.39, 0.29) is 0 Å². The van der Waals surface area contributed by atoms with Crippen LogP contribution in [0.2, 0.25) is 0 Å². The van der Waals surface area contributed by atoms with Gasteiger partial charge in [-0.05, 0) is 30.1 Å². The Balaban J connectivity index is 3.69. The van der Waals surface area contributed by atoms with E-state index in [1.165, 1.54) is 38.5 Å². The van der Waals surface area contributed by atoms with Crippen LogP contribution in [0, 0.1) is 23.7 Å². The Morgan fingerprint density at radius 1 is 0.688 bits per heavy atom. The van der Waals surface area contributed by atoms with Gasteiger partial charge in [0.05, 0.1) is 0 Å². The molecule has 4 atom stereocenters. The number of hydrogen-bond donors (Lipinski definition) is 0. The summed E-state index contributed by atoms with van der Waals surface area (Å²) in [4.78, 5) is 0. The maximum atomic E-state index is 2.44. The summed E-state index contributed by atoms with van der Waals surface area (Å²) in [6.07, 6.45) is 8.37. The van der Waals surface area contributed by atoms with Crippen molar-refractivity contribution in [3.63, 3.8) is 0 Å².